The molecule has 2 aromatic carbocycles. The molecule has 1 heterocycles. The number of carbonyl (C=O) groups excluding carboxylic acids is 1. The maximum Gasteiger partial charge on any atom is 0.367 e. The molecule has 0 spiro atoms. The molecule has 2 aromatic rings. The average Bonchev–Trinajstić information content (AvgIpc) is 2.87. The summed E-state index contributed by atoms with van der Waals surface area (Å²) < 4.78 is 19.4. The van der Waals surface area contributed by atoms with E-state index in [0.717, 1.165) is 0 Å². The lowest BCUT2D eigenvalue weighted by Gasteiger charge is -2.11. The van der Waals surface area contributed by atoms with E-state index >= 15 is 0 Å². The number of carbonyl (C=O) groups is 1. The third-order valence-electron chi connectivity index (χ3n) is 3.49. The number of halogens is 2. The molecule has 1 aliphatic heterocycles. The summed E-state index contributed by atoms with van der Waals surface area (Å²) in [5, 5.41) is 4.11. The van der Waals surface area contributed by atoms with Crippen LogP contribution in [-0.4, -0.2) is 11.7 Å². The molecule has 3 rings (SSSR count). The highest BCUT2D eigenvalue weighted by Crippen LogP contribution is 2.28. The van der Waals surface area contributed by atoms with Gasteiger partial charge in [-0.3, -0.25) is 0 Å². The van der Waals surface area contributed by atoms with Gasteiger partial charge in [0.05, 0.1) is 11.3 Å². The second kappa shape index (κ2) is 6.84. The predicted octanol–water partition coefficient (Wildman–Crippen LogP) is 4.37. The monoisotopic (exact) mass is 345 g/mol. The molecule has 0 N–H and O–H groups in total. The maximum atomic E-state index is 13.7. The van der Waals surface area contributed by atoms with E-state index in [1.165, 1.54) is 6.07 Å². The SMILES string of the molecule is CC1=NOC(=O)/C1=C/c1cc(Cl)ccc1OCc1ccccc1F. The number of ether oxygens (including phenoxy) is 1. The Balaban J connectivity index is 1.89. The van der Waals surface area contributed by atoms with E-state index in [2.05, 4.69) is 9.99 Å². The summed E-state index contributed by atoms with van der Waals surface area (Å²) in [5.74, 6) is -0.399. The lowest BCUT2D eigenvalue weighted by molar-refractivity contribution is -0.136. The van der Waals surface area contributed by atoms with Gasteiger partial charge in [-0.05, 0) is 37.3 Å². The van der Waals surface area contributed by atoms with Crippen molar-refractivity contribution in [2.45, 2.75) is 13.5 Å². The standard InChI is InChI=1S/C18H13ClFNO3/c1-11-15(18(22)24-21-11)9-13-8-14(19)6-7-17(13)23-10-12-4-2-3-5-16(12)20/h2-9H,10H2,1H3/b15-9+. The fourth-order valence-electron chi connectivity index (χ4n) is 2.21. The highest BCUT2D eigenvalue weighted by molar-refractivity contribution is 6.31. The third-order valence-corrected chi connectivity index (χ3v) is 3.72. The van der Waals surface area contributed by atoms with Crippen molar-refractivity contribution in [3.05, 3.63) is 70.0 Å². The number of nitrogens with zero attached hydrogens (tertiary/aromatic N) is 1. The molecule has 0 aliphatic carbocycles. The Bertz CT molecular complexity index is 861. The maximum absolute atomic E-state index is 13.7. The first-order chi connectivity index (χ1) is 11.5. The number of hydrogen-bond donors (Lipinski definition) is 0. The summed E-state index contributed by atoms with van der Waals surface area (Å²) >= 11 is 6.03. The minimum absolute atomic E-state index is 0.0575. The Hall–Kier alpha value is -2.66. The van der Waals surface area contributed by atoms with E-state index in [0.29, 0.717) is 33.2 Å². The minimum atomic E-state index is -0.535. The topological polar surface area (TPSA) is 47.9 Å². The molecule has 24 heavy (non-hydrogen) atoms. The van der Waals surface area contributed by atoms with Gasteiger partial charge in [0.15, 0.2) is 0 Å². The van der Waals surface area contributed by atoms with Crippen LogP contribution in [0.2, 0.25) is 5.02 Å². The largest absolute Gasteiger partial charge is 0.488 e. The first-order valence-corrected chi connectivity index (χ1v) is 7.56. The minimum Gasteiger partial charge on any atom is -0.488 e. The smallest absolute Gasteiger partial charge is 0.367 e. The summed E-state index contributed by atoms with van der Waals surface area (Å²) in [6.07, 6.45) is 1.59. The van der Waals surface area contributed by atoms with Crippen molar-refractivity contribution < 1.29 is 18.8 Å². The lowest BCUT2D eigenvalue weighted by atomic mass is 10.1. The van der Waals surface area contributed by atoms with Gasteiger partial charge in [-0.1, -0.05) is 35.0 Å². The number of benzene rings is 2. The van der Waals surface area contributed by atoms with Gasteiger partial charge in [0.1, 0.15) is 18.2 Å². The van der Waals surface area contributed by atoms with E-state index in [9.17, 15) is 9.18 Å². The summed E-state index contributed by atoms with van der Waals surface area (Å²) in [7, 11) is 0. The molecule has 0 saturated heterocycles. The van der Waals surface area contributed by atoms with Gasteiger partial charge < -0.3 is 9.57 Å². The summed E-state index contributed by atoms with van der Waals surface area (Å²) in [5.41, 5.74) is 1.82. The van der Waals surface area contributed by atoms with Crippen LogP contribution in [0.4, 0.5) is 4.39 Å². The second-order valence-electron chi connectivity index (χ2n) is 5.18. The molecule has 122 valence electrons. The Labute approximate surface area is 143 Å². The fraction of sp³-hybridized carbons (Fsp3) is 0.111. The molecule has 0 aromatic heterocycles. The van der Waals surface area contributed by atoms with Gasteiger partial charge in [-0.2, -0.15) is 0 Å². The Kier molecular flexibility index (Phi) is 4.62. The quantitative estimate of drug-likeness (QED) is 0.610. The normalized spacial score (nSPS) is 15.4. The Morgan fingerprint density at radius 1 is 1.29 bits per heavy atom. The molecule has 1 aliphatic rings. The van der Waals surface area contributed by atoms with Crippen molar-refractivity contribution in [1.82, 2.24) is 0 Å². The highest BCUT2D eigenvalue weighted by atomic mass is 35.5. The van der Waals surface area contributed by atoms with Crippen LogP contribution in [-0.2, 0) is 16.2 Å². The molecule has 4 nitrogen and oxygen atoms in total. The predicted molar refractivity (Wildman–Crippen MR) is 89.4 cm³/mol. The zero-order valence-corrected chi connectivity index (χ0v) is 13.5. The van der Waals surface area contributed by atoms with Crippen molar-refractivity contribution in [2.75, 3.05) is 0 Å². The molecule has 0 atom stereocenters. The first-order valence-electron chi connectivity index (χ1n) is 7.18. The molecule has 0 unspecified atom stereocenters. The van der Waals surface area contributed by atoms with Crippen LogP contribution < -0.4 is 4.74 Å². The van der Waals surface area contributed by atoms with Crippen LogP contribution in [0.15, 0.2) is 53.2 Å². The number of hydrogen-bond acceptors (Lipinski definition) is 4. The number of rotatable bonds is 4. The van der Waals surface area contributed by atoms with Crippen LogP contribution in [0.5, 0.6) is 5.75 Å². The molecule has 0 radical (unpaired) electrons. The van der Waals surface area contributed by atoms with E-state index in [1.807, 2.05) is 0 Å². The molecular weight excluding hydrogens is 333 g/mol. The Morgan fingerprint density at radius 2 is 2.08 bits per heavy atom. The van der Waals surface area contributed by atoms with Crippen molar-refractivity contribution in [3.8, 4) is 5.75 Å². The molecule has 6 heteroatoms. The molecule has 0 saturated carbocycles. The fourth-order valence-corrected chi connectivity index (χ4v) is 2.39. The molecule has 0 amide bonds. The van der Waals surface area contributed by atoms with Crippen molar-refractivity contribution in [2.24, 2.45) is 5.16 Å². The van der Waals surface area contributed by atoms with E-state index in [-0.39, 0.29) is 12.4 Å². The van der Waals surface area contributed by atoms with Gasteiger partial charge in [0, 0.05) is 16.1 Å². The zero-order valence-electron chi connectivity index (χ0n) is 12.8. The molecule has 0 bridgehead atoms. The zero-order chi connectivity index (χ0) is 17.1. The summed E-state index contributed by atoms with van der Waals surface area (Å²) in [6, 6.07) is 11.4. The van der Waals surface area contributed by atoms with Crippen LogP contribution in [0.3, 0.4) is 0 Å². The van der Waals surface area contributed by atoms with Crippen LogP contribution in [0, 0.1) is 5.82 Å². The summed E-state index contributed by atoms with van der Waals surface area (Å²) in [6.45, 7) is 1.73. The second-order valence-corrected chi connectivity index (χ2v) is 5.61. The Morgan fingerprint density at radius 3 is 2.79 bits per heavy atom. The van der Waals surface area contributed by atoms with Crippen molar-refractivity contribution in [3.63, 3.8) is 0 Å². The van der Waals surface area contributed by atoms with Crippen molar-refractivity contribution >= 4 is 29.4 Å². The van der Waals surface area contributed by atoms with E-state index in [4.69, 9.17) is 16.3 Å². The van der Waals surface area contributed by atoms with Gasteiger partial charge in [0.25, 0.3) is 0 Å². The summed E-state index contributed by atoms with van der Waals surface area (Å²) in [4.78, 5) is 16.3. The van der Waals surface area contributed by atoms with Crippen LogP contribution >= 0.6 is 11.6 Å². The molecule has 0 fully saturated rings. The third kappa shape index (κ3) is 3.46. The van der Waals surface area contributed by atoms with Gasteiger partial charge in [-0.25, -0.2) is 9.18 Å². The van der Waals surface area contributed by atoms with E-state index in [1.54, 1.807) is 49.4 Å². The van der Waals surface area contributed by atoms with Gasteiger partial charge >= 0.3 is 5.97 Å². The van der Waals surface area contributed by atoms with E-state index < -0.39 is 5.97 Å². The number of oxime groups is 1. The highest BCUT2D eigenvalue weighted by Gasteiger charge is 2.22. The van der Waals surface area contributed by atoms with Gasteiger partial charge in [0.2, 0.25) is 0 Å². The van der Waals surface area contributed by atoms with Gasteiger partial charge in [-0.15, -0.1) is 0 Å². The van der Waals surface area contributed by atoms with Crippen LogP contribution in [0.1, 0.15) is 18.1 Å². The molecular formula is C18H13ClFNO3. The average molecular weight is 346 g/mol. The first kappa shape index (κ1) is 16.2. The van der Waals surface area contributed by atoms with Crippen molar-refractivity contribution in [1.29, 1.82) is 0 Å². The lowest BCUT2D eigenvalue weighted by Crippen LogP contribution is -2.03. The van der Waals surface area contributed by atoms with Crippen LogP contribution in [0.25, 0.3) is 6.08 Å².